The summed E-state index contributed by atoms with van der Waals surface area (Å²) in [5.74, 6) is 0. The quantitative estimate of drug-likeness (QED) is 0.864. The Morgan fingerprint density at radius 1 is 1.30 bits per heavy atom. The lowest BCUT2D eigenvalue weighted by molar-refractivity contribution is 0.281. The third-order valence-electron chi connectivity index (χ3n) is 2.92. The number of benzene rings is 1. The van der Waals surface area contributed by atoms with Crippen molar-refractivity contribution in [3.05, 3.63) is 27.7 Å². The Balaban J connectivity index is 3.42. The second-order valence-corrected chi connectivity index (χ2v) is 7.35. The normalized spacial score (nSPS) is 12.4. The molecule has 0 heterocycles. The van der Waals surface area contributed by atoms with Gasteiger partial charge in [0.25, 0.3) is 0 Å². The van der Waals surface area contributed by atoms with Crippen molar-refractivity contribution in [3.63, 3.8) is 0 Å². The predicted octanol–water partition coefficient (Wildman–Crippen LogP) is 3.29. The molecule has 1 aromatic carbocycles. The molecule has 0 aromatic heterocycles. The van der Waals surface area contributed by atoms with Gasteiger partial charge in [-0.25, -0.2) is 8.42 Å². The number of halogens is 2. The Morgan fingerprint density at radius 2 is 1.90 bits per heavy atom. The van der Waals surface area contributed by atoms with Crippen molar-refractivity contribution < 1.29 is 13.5 Å². The van der Waals surface area contributed by atoms with Crippen LogP contribution in [0, 0.1) is 0 Å². The molecule has 0 unspecified atom stereocenters. The Kier molecular flexibility index (Phi) is 6.28. The van der Waals surface area contributed by atoms with Crippen molar-refractivity contribution in [2.75, 3.05) is 6.54 Å². The van der Waals surface area contributed by atoms with E-state index in [0.717, 1.165) is 0 Å². The van der Waals surface area contributed by atoms with Crippen LogP contribution in [0.3, 0.4) is 0 Å². The molecule has 0 bridgehead atoms. The van der Waals surface area contributed by atoms with E-state index in [1.54, 1.807) is 0 Å². The smallest absolute Gasteiger partial charge is 0.244 e. The van der Waals surface area contributed by atoms with Crippen molar-refractivity contribution >= 4 is 33.2 Å². The van der Waals surface area contributed by atoms with Crippen molar-refractivity contribution in [2.24, 2.45) is 0 Å². The van der Waals surface area contributed by atoms with Gasteiger partial charge in [0.05, 0.1) is 11.6 Å². The van der Waals surface area contributed by atoms with Crippen LogP contribution in [0.15, 0.2) is 17.0 Å². The van der Waals surface area contributed by atoms with Crippen molar-refractivity contribution in [1.82, 2.24) is 4.31 Å². The zero-order valence-corrected chi connectivity index (χ0v) is 14.1. The van der Waals surface area contributed by atoms with E-state index < -0.39 is 16.6 Å². The minimum atomic E-state index is -3.71. The van der Waals surface area contributed by atoms with Crippen molar-refractivity contribution in [1.29, 1.82) is 0 Å². The molecule has 0 spiro atoms. The van der Waals surface area contributed by atoms with Crippen LogP contribution >= 0.6 is 23.2 Å². The van der Waals surface area contributed by atoms with Crippen LogP contribution in [0.4, 0.5) is 0 Å². The highest BCUT2D eigenvalue weighted by molar-refractivity contribution is 7.89. The Morgan fingerprint density at radius 3 is 2.35 bits per heavy atom. The zero-order valence-electron chi connectivity index (χ0n) is 11.7. The van der Waals surface area contributed by atoms with Crippen LogP contribution in [0.2, 0.25) is 10.0 Å². The van der Waals surface area contributed by atoms with Gasteiger partial charge in [0, 0.05) is 23.2 Å². The summed E-state index contributed by atoms with van der Waals surface area (Å²) in [6, 6.07) is 2.64. The van der Waals surface area contributed by atoms with Crippen LogP contribution in [0.1, 0.15) is 32.8 Å². The maximum Gasteiger partial charge on any atom is 0.244 e. The first-order valence-corrected chi connectivity index (χ1v) is 8.56. The van der Waals surface area contributed by atoms with E-state index in [2.05, 4.69) is 0 Å². The number of aliphatic hydroxyl groups excluding tert-OH is 1. The fourth-order valence-electron chi connectivity index (χ4n) is 1.92. The van der Waals surface area contributed by atoms with E-state index in [-0.39, 0.29) is 26.5 Å². The SMILES string of the molecule is CCCN(C(C)C)S(=O)(=O)c1ccc(Cl)c(CO)c1Cl. The van der Waals surface area contributed by atoms with E-state index >= 15 is 0 Å². The average Bonchev–Trinajstić information content (AvgIpc) is 2.35. The molecule has 114 valence electrons. The van der Waals surface area contributed by atoms with Crippen LogP contribution < -0.4 is 0 Å². The van der Waals surface area contributed by atoms with Crippen LogP contribution in [0.25, 0.3) is 0 Å². The minimum Gasteiger partial charge on any atom is -0.392 e. The maximum atomic E-state index is 12.7. The van der Waals surface area contributed by atoms with Gasteiger partial charge in [-0.3, -0.25) is 0 Å². The van der Waals surface area contributed by atoms with Gasteiger partial charge in [0.1, 0.15) is 4.90 Å². The summed E-state index contributed by atoms with van der Waals surface area (Å²) < 4.78 is 26.8. The van der Waals surface area contributed by atoms with Gasteiger partial charge in [-0.1, -0.05) is 30.1 Å². The number of sulfonamides is 1. The number of hydrogen-bond donors (Lipinski definition) is 1. The molecule has 7 heteroatoms. The second-order valence-electron chi connectivity index (χ2n) is 4.71. The molecule has 0 aliphatic rings. The zero-order chi connectivity index (χ0) is 15.5. The molecule has 1 aromatic rings. The molecule has 0 saturated heterocycles. The molecule has 0 saturated carbocycles. The lowest BCUT2D eigenvalue weighted by atomic mass is 10.2. The van der Waals surface area contributed by atoms with Gasteiger partial charge in [-0.05, 0) is 32.4 Å². The van der Waals surface area contributed by atoms with Crippen molar-refractivity contribution in [3.8, 4) is 0 Å². The summed E-state index contributed by atoms with van der Waals surface area (Å²) in [6.07, 6.45) is 0.704. The maximum absolute atomic E-state index is 12.7. The van der Waals surface area contributed by atoms with E-state index in [1.807, 2.05) is 20.8 Å². The van der Waals surface area contributed by atoms with Gasteiger partial charge in [0.2, 0.25) is 10.0 Å². The molecular formula is C13H19Cl2NO3S. The van der Waals surface area contributed by atoms with Gasteiger partial charge in [-0.2, -0.15) is 4.31 Å². The number of aliphatic hydroxyl groups is 1. The highest BCUT2D eigenvalue weighted by Crippen LogP contribution is 2.33. The molecular weight excluding hydrogens is 321 g/mol. The van der Waals surface area contributed by atoms with Crippen LogP contribution in [-0.4, -0.2) is 30.4 Å². The average molecular weight is 340 g/mol. The topological polar surface area (TPSA) is 57.6 Å². The van der Waals surface area contributed by atoms with Gasteiger partial charge in [0.15, 0.2) is 0 Å². The first-order valence-electron chi connectivity index (χ1n) is 6.36. The van der Waals surface area contributed by atoms with E-state index in [1.165, 1.54) is 16.4 Å². The van der Waals surface area contributed by atoms with Crippen LogP contribution in [-0.2, 0) is 16.6 Å². The lowest BCUT2D eigenvalue weighted by Crippen LogP contribution is -2.37. The van der Waals surface area contributed by atoms with Crippen LogP contribution in [0.5, 0.6) is 0 Å². The third kappa shape index (κ3) is 3.46. The summed E-state index contributed by atoms with van der Waals surface area (Å²) >= 11 is 12.0. The molecule has 20 heavy (non-hydrogen) atoms. The Hall–Kier alpha value is -0.330. The molecule has 0 atom stereocenters. The standard InChI is InChI=1S/C13H19Cl2NO3S/c1-4-7-16(9(2)3)20(18,19)12-6-5-11(14)10(8-17)13(12)15/h5-6,9,17H,4,7-8H2,1-3H3. The largest absolute Gasteiger partial charge is 0.392 e. The van der Waals surface area contributed by atoms with Gasteiger partial charge >= 0.3 is 0 Å². The van der Waals surface area contributed by atoms with Gasteiger partial charge < -0.3 is 5.11 Å². The van der Waals surface area contributed by atoms with Crippen molar-refractivity contribution in [2.45, 2.75) is 44.7 Å². The highest BCUT2D eigenvalue weighted by atomic mass is 35.5. The molecule has 0 aliphatic carbocycles. The summed E-state index contributed by atoms with van der Waals surface area (Å²) in [5, 5.41) is 9.50. The molecule has 0 aliphatic heterocycles. The van der Waals surface area contributed by atoms with Gasteiger partial charge in [-0.15, -0.1) is 0 Å². The minimum absolute atomic E-state index is 0.0123. The first-order chi connectivity index (χ1) is 9.27. The van der Waals surface area contributed by atoms with E-state index in [0.29, 0.717) is 13.0 Å². The fourth-order valence-corrected chi connectivity index (χ4v) is 4.53. The highest BCUT2D eigenvalue weighted by Gasteiger charge is 2.29. The van der Waals surface area contributed by atoms with E-state index in [9.17, 15) is 13.5 Å². The molecule has 0 fully saturated rings. The first kappa shape index (κ1) is 17.7. The number of nitrogens with zero attached hydrogens (tertiary/aromatic N) is 1. The predicted molar refractivity (Wildman–Crippen MR) is 81.7 cm³/mol. The fraction of sp³-hybridized carbons (Fsp3) is 0.538. The molecule has 0 radical (unpaired) electrons. The van der Waals surface area contributed by atoms with E-state index in [4.69, 9.17) is 23.2 Å². The molecule has 0 amide bonds. The Labute approximate surface area is 130 Å². The molecule has 4 nitrogen and oxygen atoms in total. The number of rotatable bonds is 6. The molecule has 1 rings (SSSR count). The second kappa shape index (κ2) is 7.09. The summed E-state index contributed by atoms with van der Waals surface area (Å²) in [6.45, 7) is 5.53. The Bertz CT molecular complexity index is 573. The monoisotopic (exact) mass is 339 g/mol. The third-order valence-corrected chi connectivity index (χ3v) is 5.93. The summed E-state index contributed by atoms with van der Waals surface area (Å²) in [5.41, 5.74) is 0.231. The summed E-state index contributed by atoms with van der Waals surface area (Å²) in [4.78, 5) is -0.0187. The number of hydrogen-bond acceptors (Lipinski definition) is 3. The summed E-state index contributed by atoms with van der Waals surface area (Å²) in [7, 11) is -3.71. The molecule has 1 N–H and O–H groups in total. The lowest BCUT2D eigenvalue weighted by Gasteiger charge is -2.26.